The number of pyridine rings is 1. The van der Waals surface area contributed by atoms with Gasteiger partial charge in [-0.2, -0.15) is 0 Å². The number of aromatic nitrogens is 1. The summed E-state index contributed by atoms with van der Waals surface area (Å²) in [5, 5.41) is 15.1. The first-order chi connectivity index (χ1) is 20.7. The molecule has 6 rings (SSSR count). The number of nitrogens with zero attached hydrogens (tertiary/aromatic N) is 3. The first-order valence-electron chi connectivity index (χ1n) is 14.1. The lowest BCUT2D eigenvalue weighted by atomic mass is 9.83. The lowest BCUT2D eigenvalue weighted by Crippen LogP contribution is -2.47. The first-order valence-corrected chi connectivity index (χ1v) is 15.8. The monoisotopic (exact) mass is 632 g/mol. The van der Waals surface area contributed by atoms with Crippen LogP contribution in [0.25, 0.3) is 0 Å². The van der Waals surface area contributed by atoms with E-state index in [-0.39, 0.29) is 17.0 Å². The van der Waals surface area contributed by atoms with Crippen molar-refractivity contribution in [2.24, 2.45) is 10.9 Å². The van der Waals surface area contributed by atoms with Gasteiger partial charge in [-0.25, -0.2) is 9.79 Å². The topological polar surface area (TPSA) is 86.9 Å². The van der Waals surface area contributed by atoms with Crippen molar-refractivity contribution in [1.82, 2.24) is 4.57 Å². The zero-order valence-electron chi connectivity index (χ0n) is 23.5. The second-order valence-corrected chi connectivity index (χ2v) is 12.8. The maximum absolute atomic E-state index is 12.5. The van der Waals surface area contributed by atoms with Crippen molar-refractivity contribution >= 4 is 63.2 Å². The van der Waals surface area contributed by atoms with Crippen molar-refractivity contribution in [3.05, 3.63) is 122 Å². The molecule has 2 N–H and O–H groups in total. The van der Waals surface area contributed by atoms with Gasteiger partial charge in [-0.1, -0.05) is 65.3 Å². The summed E-state index contributed by atoms with van der Waals surface area (Å²) in [6.07, 6.45) is 1.01. The van der Waals surface area contributed by atoms with E-state index in [0.29, 0.717) is 45.7 Å². The fraction of sp³-hybridized carbons (Fsp3) is 0.242. The van der Waals surface area contributed by atoms with Crippen LogP contribution < -0.4 is 15.8 Å². The molecule has 2 aliphatic rings. The van der Waals surface area contributed by atoms with E-state index in [1.165, 1.54) is 11.8 Å². The molecule has 1 aromatic heterocycles. The van der Waals surface area contributed by atoms with E-state index in [9.17, 15) is 14.7 Å². The largest absolute Gasteiger partial charge is 0.478 e. The standard InChI is InChI=1S/C33H30Cl2N4O3S/c1-20-9-11-25(15-27(20)35)36-33(43-19-23-5-2-3-6-26(23)34)37-28-14-22(32(41)42)10-12-30(28)38-16-21-13-24(18-38)29-7-4-8-31(40)39(29)17-21/h2-12,14-15,21,24H,13,16-19H2,1H3,(H,36,37)(H,41,42). The summed E-state index contributed by atoms with van der Waals surface area (Å²) >= 11 is 14.4. The van der Waals surface area contributed by atoms with Crippen LogP contribution in [0.2, 0.25) is 10.0 Å². The molecule has 1 fully saturated rings. The minimum Gasteiger partial charge on any atom is -0.478 e. The van der Waals surface area contributed by atoms with Crippen LogP contribution in [0.3, 0.4) is 0 Å². The predicted molar refractivity (Wildman–Crippen MR) is 177 cm³/mol. The highest BCUT2D eigenvalue weighted by Gasteiger charge is 2.35. The van der Waals surface area contributed by atoms with E-state index in [2.05, 4.69) is 10.2 Å². The molecule has 43 heavy (non-hydrogen) atoms. The summed E-state index contributed by atoms with van der Waals surface area (Å²) in [7, 11) is 0. The minimum absolute atomic E-state index is 0.0409. The number of aryl methyl sites for hydroxylation is 1. The third-order valence-corrected chi connectivity index (χ3v) is 9.71. The van der Waals surface area contributed by atoms with E-state index in [0.717, 1.165) is 41.2 Å². The number of piperidine rings is 1. The smallest absolute Gasteiger partial charge is 0.335 e. The molecule has 3 heterocycles. The summed E-state index contributed by atoms with van der Waals surface area (Å²) in [4.78, 5) is 31.9. The Morgan fingerprint density at radius 1 is 1.00 bits per heavy atom. The van der Waals surface area contributed by atoms with Crippen LogP contribution >= 0.6 is 35.0 Å². The predicted octanol–water partition coefficient (Wildman–Crippen LogP) is 7.82. The fourth-order valence-electron chi connectivity index (χ4n) is 5.87. The minimum atomic E-state index is -1.02. The summed E-state index contributed by atoms with van der Waals surface area (Å²) in [6, 6.07) is 24.0. The maximum Gasteiger partial charge on any atom is 0.335 e. The number of amidine groups is 1. The molecule has 0 radical (unpaired) electrons. The fourth-order valence-corrected chi connectivity index (χ4v) is 7.23. The van der Waals surface area contributed by atoms with Crippen molar-refractivity contribution in [3.8, 4) is 0 Å². The maximum atomic E-state index is 12.5. The molecule has 0 amide bonds. The summed E-state index contributed by atoms with van der Waals surface area (Å²) in [6.45, 7) is 4.06. The van der Waals surface area contributed by atoms with Gasteiger partial charge in [0.25, 0.3) is 5.56 Å². The number of carbonyl (C=O) groups is 1. The van der Waals surface area contributed by atoms with E-state index in [1.807, 2.05) is 72.2 Å². The van der Waals surface area contributed by atoms with E-state index >= 15 is 0 Å². The van der Waals surface area contributed by atoms with Crippen LogP contribution in [0.4, 0.5) is 17.1 Å². The number of nitrogens with one attached hydrogen (secondary N) is 1. The Morgan fingerprint density at radius 3 is 2.63 bits per heavy atom. The number of anilines is 2. The van der Waals surface area contributed by atoms with Gasteiger partial charge in [0.15, 0.2) is 5.17 Å². The highest BCUT2D eigenvalue weighted by Crippen LogP contribution is 2.40. The Kier molecular flexibility index (Phi) is 8.52. The summed E-state index contributed by atoms with van der Waals surface area (Å²) in [5.74, 6) is 0.0252. The highest BCUT2D eigenvalue weighted by molar-refractivity contribution is 8.13. The Balaban J connectivity index is 1.38. The van der Waals surface area contributed by atoms with Gasteiger partial charge >= 0.3 is 5.97 Å². The normalized spacial score (nSPS) is 17.8. The van der Waals surface area contributed by atoms with E-state index in [1.54, 1.807) is 18.2 Å². The lowest BCUT2D eigenvalue weighted by molar-refractivity contribution is 0.0697. The molecule has 4 aromatic rings. The van der Waals surface area contributed by atoms with Gasteiger partial charge in [0, 0.05) is 58.8 Å². The van der Waals surface area contributed by atoms with Gasteiger partial charge in [-0.05, 0) is 72.9 Å². The van der Waals surface area contributed by atoms with Crippen LogP contribution in [0.5, 0.6) is 0 Å². The molecule has 3 aromatic carbocycles. The van der Waals surface area contributed by atoms with Crippen molar-refractivity contribution in [2.75, 3.05) is 23.3 Å². The van der Waals surface area contributed by atoms with Crippen LogP contribution in [0, 0.1) is 12.8 Å². The number of carboxylic acids is 1. The molecular weight excluding hydrogens is 603 g/mol. The first kappa shape index (κ1) is 29.4. The van der Waals surface area contributed by atoms with E-state index in [4.69, 9.17) is 28.2 Å². The Hall–Kier alpha value is -3.72. The van der Waals surface area contributed by atoms with Gasteiger partial charge in [-0.15, -0.1) is 0 Å². The van der Waals surface area contributed by atoms with Crippen molar-refractivity contribution in [2.45, 2.75) is 31.6 Å². The second kappa shape index (κ2) is 12.5. The summed E-state index contributed by atoms with van der Waals surface area (Å²) in [5.41, 5.74) is 5.35. The molecule has 0 aliphatic carbocycles. The average Bonchev–Trinajstić information content (AvgIpc) is 2.99. The zero-order chi connectivity index (χ0) is 30.1. The van der Waals surface area contributed by atoms with Crippen LogP contribution in [-0.4, -0.2) is 33.9 Å². The Labute approximate surface area is 264 Å². The van der Waals surface area contributed by atoms with Gasteiger partial charge in [-0.3, -0.25) is 4.79 Å². The quantitative estimate of drug-likeness (QED) is 0.166. The van der Waals surface area contributed by atoms with Crippen molar-refractivity contribution in [3.63, 3.8) is 0 Å². The number of aliphatic imine (C=N–C) groups is 1. The zero-order valence-corrected chi connectivity index (χ0v) is 25.8. The molecule has 1 saturated heterocycles. The lowest BCUT2D eigenvalue weighted by Gasteiger charge is -2.44. The number of fused-ring (bicyclic) bond motifs is 4. The molecule has 0 spiro atoms. The number of aromatic carboxylic acids is 1. The van der Waals surface area contributed by atoms with Crippen LogP contribution in [0.15, 0.2) is 88.6 Å². The number of thioether (sulfide) groups is 1. The third-order valence-electron chi connectivity index (χ3n) is 8.01. The van der Waals surface area contributed by atoms with Gasteiger partial charge < -0.3 is 19.9 Å². The number of benzene rings is 3. The highest BCUT2D eigenvalue weighted by atomic mass is 35.5. The van der Waals surface area contributed by atoms with Gasteiger partial charge in [0.1, 0.15) is 0 Å². The van der Waals surface area contributed by atoms with Crippen LogP contribution in [0.1, 0.15) is 39.5 Å². The van der Waals surface area contributed by atoms with Gasteiger partial charge in [0.05, 0.1) is 16.9 Å². The molecule has 2 atom stereocenters. The SMILES string of the molecule is Cc1ccc(NC(=Nc2cc(C(=O)O)ccc2N2CC3CC(C2)c2cccc(=O)n2C3)SCc2ccccc2Cl)cc1Cl. The molecule has 220 valence electrons. The number of hydrogen-bond donors (Lipinski definition) is 2. The molecule has 7 nitrogen and oxygen atoms in total. The number of hydrogen-bond acceptors (Lipinski definition) is 5. The van der Waals surface area contributed by atoms with Crippen molar-refractivity contribution in [1.29, 1.82) is 0 Å². The number of rotatable bonds is 6. The molecule has 0 saturated carbocycles. The molecular formula is C33H30Cl2N4O3S. The Bertz CT molecular complexity index is 1790. The number of halogens is 2. The molecule has 2 aliphatic heterocycles. The third kappa shape index (κ3) is 6.47. The molecule has 2 unspecified atom stereocenters. The van der Waals surface area contributed by atoms with Crippen molar-refractivity contribution < 1.29 is 9.90 Å². The van der Waals surface area contributed by atoms with Gasteiger partial charge in [0.2, 0.25) is 0 Å². The van der Waals surface area contributed by atoms with E-state index < -0.39 is 5.97 Å². The van der Waals surface area contributed by atoms with Crippen LogP contribution in [-0.2, 0) is 12.3 Å². The molecule has 2 bridgehead atoms. The molecule has 10 heteroatoms. The Morgan fingerprint density at radius 2 is 1.84 bits per heavy atom. The second-order valence-electron chi connectivity index (χ2n) is 11.0. The summed E-state index contributed by atoms with van der Waals surface area (Å²) < 4.78 is 1.91. The average molecular weight is 634 g/mol. The number of carboxylic acid groups (broad SMARTS) is 1.